The van der Waals surface area contributed by atoms with Gasteiger partial charge in [-0.05, 0) is 42.7 Å². The third-order valence-electron chi connectivity index (χ3n) is 4.46. The summed E-state index contributed by atoms with van der Waals surface area (Å²) < 4.78 is 10.7. The highest BCUT2D eigenvalue weighted by molar-refractivity contribution is 5.64. The minimum Gasteiger partial charge on any atom is -0.430 e. The van der Waals surface area contributed by atoms with Crippen LogP contribution in [0, 0.1) is 27.9 Å². The molecule has 1 aliphatic rings. The van der Waals surface area contributed by atoms with Crippen molar-refractivity contribution < 1.29 is 19.2 Å². The number of hydrogen-bond donors (Lipinski definition) is 0. The van der Waals surface area contributed by atoms with Crippen LogP contribution in [0.2, 0.25) is 0 Å². The van der Waals surface area contributed by atoms with Crippen molar-refractivity contribution in [2.24, 2.45) is 17.8 Å². The van der Waals surface area contributed by atoms with Gasteiger partial charge in [0.1, 0.15) is 11.9 Å². The molecule has 126 valence electrons. The van der Waals surface area contributed by atoms with Crippen LogP contribution in [0.5, 0.6) is 5.75 Å². The van der Waals surface area contributed by atoms with Crippen LogP contribution in [-0.4, -0.2) is 17.2 Å². The fourth-order valence-corrected chi connectivity index (χ4v) is 3.13. The van der Waals surface area contributed by atoms with Crippen LogP contribution in [0.1, 0.15) is 40.0 Å². The third kappa shape index (κ3) is 4.68. The zero-order chi connectivity index (χ0) is 17.0. The van der Waals surface area contributed by atoms with Crippen molar-refractivity contribution in [2.75, 3.05) is 0 Å². The number of nitrogens with zero attached hydrogens (tertiary/aromatic N) is 1. The topological polar surface area (TPSA) is 78.7 Å². The number of rotatable bonds is 4. The number of nitro groups is 1. The summed E-state index contributed by atoms with van der Waals surface area (Å²) in [7, 11) is 0. The van der Waals surface area contributed by atoms with Crippen molar-refractivity contribution in [3.63, 3.8) is 0 Å². The van der Waals surface area contributed by atoms with Gasteiger partial charge in [-0.2, -0.15) is 0 Å². The smallest absolute Gasteiger partial charge is 0.430 e. The van der Waals surface area contributed by atoms with Crippen molar-refractivity contribution in [3.05, 3.63) is 34.4 Å². The molecule has 0 aromatic heterocycles. The molecule has 0 heterocycles. The van der Waals surface area contributed by atoms with Gasteiger partial charge in [-0.25, -0.2) is 4.79 Å². The Morgan fingerprint density at radius 3 is 2.48 bits per heavy atom. The molecule has 1 fully saturated rings. The first-order valence-corrected chi connectivity index (χ1v) is 7.99. The second-order valence-electron chi connectivity index (χ2n) is 6.59. The maximum atomic E-state index is 12.0. The molecular weight excluding hydrogens is 298 g/mol. The zero-order valence-electron chi connectivity index (χ0n) is 13.7. The maximum Gasteiger partial charge on any atom is 0.514 e. The fourth-order valence-electron chi connectivity index (χ4n) is 3.13. The summed E-state index contributed by atoms with van der Waals surface area (Å²) in [5, 5.41) is 10.6. The van der Waals surface area contributed by atoms with Crippen molar-refractivity contribution in [3.8, 4) is 5.75 Å². The largest absolute Gasteiger partial charge is 0.514 e. The van der Waals surface area contributed by atoms with Gasteiger partial charge in [-0.1, -0.05) is 27.2 Å². The van der Waals surface area contributed by atoms with E-state index in [0.29, 0.717) is 17.8 Å². The van der Waals surface area contributed by atoms with Crippen molar-refractivity contribution >= 4 is 11.8 Å². The molecule has 0 spiro atoms. The van der Waals surface area contributed by atoms with Gasteiger partial charge in [-0.3, -0.25) is 10.1 Å². The molecule has 0 radical (unpaired) electrons. The van der Waals surface area contributed by atoms with E-state index in [9.17, 15) is 14.9 Å². The molecule has 0 N–H and O–H groups in total. The minimum atomic E-state index is -0.747. The van der Waals surface area contributed by atoms with Gasteiger partial charge in [0.2, 0.25) is 0 Å². The van der Waals surface area contributed by atoms with Crippen LogP contribution in [0.25, 0.3) is 0 Å². The van der Waals surface area contributed by atoms with Gasteiger partial charge < -0.3 is 9.47 Å². The van der Waals surface area contributed by atoms with E-state index < -0.39 is 11.1 Å². The van der Waals surface area contributed by atoms with Crippen LogP contribution in [-0.2, 0) is 4.74 Å². The zero-order valence-corrected chi connectivity index (χ0v) is 13.7. The van der Waals surface area contributed by atoms with Crippen LogP contribution in [0.15, 0.2) is 24.3 Å². The molecule has 6 nitrogen and oxygen atoms in total. The number of ether oxygens (including phenoxy) is 2. The van der Waals surface area contributed by atoms with E-state index in [0.717, 1.165) is 19.3 Å². The lowest BCUT2D eigenvalue weighted by Crippen LogP contribution is -2.36. The molecule has 1 aliphatic carbocycles. The summed E-state index contributed by atoms with van der Waals surface area (Å²) in [4.78, 5) is 22.1. The van der Waals surface area contributed by atoms with Crippen molar-refractivity contribution in [2.45, 2.75) is 46.1 Å². The van der Waals surface area contributed by atoms with Crippen molar-refractivity contribution in [1.29, 1.82) is 0 Å². The normalized spacial score (nSPS) is 24.3. The van der Waals surface area contributed by atoms with Gasteiger partial charge >= 0.3 is 6.16 Å². The Balaban J connectivity index is 1.95. The fraction of sp³-hybridized carbons (Fsp3) is 0.588. The standard InChI is InChI=1S/C17H23NO5/c1-11(2)15-9-4-12(3)10-16(15)23-17(19)22-14-7-5-13(6-8-14)18(20)21/h5-8,11-12,15-16H,4,9-10H2,1-3H3/t12?,15-,16?/m0/s1. The van der Waals surface area contributed by atoms with Crippen molar-refractivity contribution in [1.82, 2.24) is 0 Å². The lowest BCUT2D eigenvalue weighted by molar-refractivity contribution is -0.384. The van der Waals surface area contributed by atoms with E-state index in [1.54, 1.807) is 0 Å². The molecule has 23 heavy (non-hydrogen) atoms. The Labute approximate surface area is 135 Å². The second-order valence-corrected chi connectivity index (χ2v) is 6.59. The number of carbonyl (C=O) groups excluding carboxylic acids is 1. The number of carbonyl (C=O) groups is 1. The van der Waals surface area contributed by atoms with Gasteiger partial charge in [0.25, 0.3) is 5.69 Å². The summed E-state index contributed by atoms with van der Waals surface area (Å²) in [5.74, 6) is 1.56. The number of nitro benzene ring substituents is 1. The quantitative estimate of drug-likeness (QED) is 0.351. The number of non-ortho nitro benzene ring substituents is 1. The molecular formula is C17H23NO5. The molecule has 0 amide bonds. The molecule has 0 saturated heterocycles. The predicted molar refractivity (Wildman–Crippen MR) is 85.3 cm³/mol. The Bertz CT molecular complexity index is 555. The molecule has 0 aliphatic heterocycles. The Hall–Kier alpha value is -2.11. The summed E-state index contributed by atoms with van der Waals surface area (Å²) in [6.45, 7) is 6.44. The van der Waals surface area contributed by atoms with E-state index in [1.165, 1.54) is 24.3 Å². The number of hydrogen-bond acceptors (Lipinski definition) is 5. The van der Waals surface area contributed by atoms with E-state index in [4.69, 9.17) is 9.47 Å². The first-order chi connectivity index (χ1) is 10.9. The average Bonchev–Trinajstić information content (AvgIpc) is 2.47. The molecule has 1 saturated carbocycles. The predicted octanol–water partition coefficient (Wildman–Crippen LogP) is 4.57. The SMILES string of the molecule is CC1CC[C@@H](C(C)C)C(OC(=O)Oc2ccc([N+](=O)[O-])cc2)C1. The Morgan fingerprint density at radius 2 is 1.91 bits per heavy atom. The minimum absolute atomic E-state index is 0.0494. The molecule has 1 aromatic rings. The van der Waals surface area contributed by atoms with E-state index in [2.05, 4.69) is 20.8 Å². The van der Waals surface area contributed by atoms with Gasteiger partial charge in [0.05, 0.1) is 4.92 Å². The maximum absolute atomic E-state index is 12.0. The van der Waals surface area contributed by atoms with Gasteiger partial charge in [0.15, 0.2) is 0 Å². The van der Waals surface area contributed by atoms with E-state index >= 15 is 0 Å². The molecule has 1 aromatic carbocycles. The third-order valence-corrected chi connectivity index (χ3v) is 4.46. The summed E-state index contributed by atoms with van der Waals surface area (Å²) >= 11 is 0. The van der Waals surface area contributed by atoms with Crippen LogP contribution >= 0.6 is 0 Å². The summed E-state index contributed by atoms with van der Waals surface area (Å²) in [6, 6.07) is 5.37. The van der Waals surface area contributed by atoms with Gasteiger partial charge in [-0.15, -0.1) is 0 Å². The second kappa shape index (κ2) is 7.44. The summed E-state index contributed by atoms with van der Waals surface area (Å²) in [6.07, 6.45) is 2.17. The van der Waals surface area contributed by atoms with E-state index in [-0.39, 0.29) is 17.5 Å². The average molecular weight is 321 g/mol. The first kappa shape index (κ1) is 17.2. The number of benzene rings is 1. The lowest BCUT2D eigenvalue weighted by atomic mass is 9.75. The molecule has 2 rings (SSSR count). The Kier molecular flexibility index (Phi) is 5.58. The highest BCUT2D eigenvalue weighted by Gasteiger charge is 2.33. The first-order valence-electron chi connectivity index (χ1n) is 7.99. The Morgan fingerprint density at radius 1 is 1.26 bits per heavy atom. The highest BCUT2D eigenvalue weighted by atomic mass is 16.7. The van der Waals surface area contributed by atoms with E-state index in [1.807, 2.05) is 0 Å². The monoisotopic (exact) mass is 321 g/mol. The van der Waals surface area contributed by atoms with Gasteiger partial charge in [0, 0.05) is 12.1 Å². The van der Waals surface area contributed by atoms with Crippen LogP contribution in [0.4, 0.5) is 10.5 Å². The summed E-state index contributed by atoms with van der Waals surface area (Å²) in [5.41, 5.74) is -0.0494. The van der Waals surface area contributed by atoms with Crippen LogP contribution < -0.4 is 4.74 Å². The lowest BCUT2D eigenvalue weighted by Gasteiger charge is -2.36. The highest BCUT2D eigenvalue weighted by Crippen LogP contribution is 2.35. The molecule has 2 unspecified atom stereocenters. The molecule has 6 heteroatoms. The molecule has 3 atom stereocenters. The molecule has 0 bridgehead atoms. The van der Waals surface area contributed by atoms with Crippen LogP contribution in [0.3, 0.4) is 0 Å².